The quantitative estimate of drug-likeness (QED) is 0.828. The van der Waals surface area contributed by atoms with Crippen molar-refractivity contribution < 1.29 is 0 Å². The van der Waals surface area contributed by atoms with Gasteiger partial charge in [-0.05, 0) is 49.7 Å². The number of rotatable bonds is 7. The van der Waals surface area contributed by atoms with Crippen molar-refractivity contribution in [3.8, 4) is 0 Å². The lowest BCUT2D eigenvalue weighted by Gasteiger charge is -2.18. The summed E-state index contributed by atoms with van der Waals surface area (Å²) in [5.74, 6) is 0. The molecule has 2 aromatic rings. The van der Waals surface area contributed by atoms with Crippen molar-refractivity contribution in [3.05, 3.63) is 70.7 Å². The molecule has 0 radical (unpaired) electrons. The lowest BCUT2D eigenvalue weighted by Crippen LogP contribution is -2.20. The van der Waals surface area contributed by atoms with Gasteiger partial charge in [-0.1, -0.05) is 54.1 Å². The second kappa shape index (κ2) is 8.18. The molecule has 0 saturated heterocycles. The van der Waals surface area contributed by atoms with Crippen molar-refractivity contribution in [1.82, 2.24) is 4.90 Å². The second-order valence-corrected chi connectivity index (χ2v) is 5.96. The fraction of sp³-hybridized carbons (Fsp3) is 0.333. The highest BCUT2D eigenvalue weighted by Crippen LogP contribution is 2.16. The highest BCUT2D eigenvalue weighted by atomic mass is 35.5. The molecule has 1 atom stereocenters. The Balaban J connectivity index is 1.73. The van der Waals surface area contributed by atoms with Gasteiger partial charge in [-0.2, -0.15) is 0 Å². The molecule has 1 unspecified atom stereocenters. The lowest BCUT2D eigenvalue weighted by molar-refractivity contribution is 0.314. The monoisotopic (exact) mass is 302 g/mol. The van der Waals surface area contributed by atoms with Crippen LogP contribution in [0.1, 0.15) is 30.0 Å². The van der Waals surface area contributed by atoms with Crippen LogP contribution >= 0.6 is 11.6 Å². The van der Waals surface area contributed by atoms with E-state index >= 15 is 0 Å². The standard InChI is InChI=1S/C18H23ClN2/c1-21(14-15-7-5-10-17(19)13-15)12-6-11-18(20)16-8-3-2-4-9-16/h2-5,7-10,13,18H,6,11-12,14,20H2,1H3. The van der Waals surface area contributed by atoms with Crippen LogP contribution in [0.2, 0.25) is 5.02 Å². The van der Waals surface area contributed by atoms with E-state index in [4.69, 9.17) is 17.3 Å². The third kappa shape index (κ3) is 5.50. The normalized spacial score (nSPS) is 12.6. The zero-order valence-electron chi connectivity index (χ0n) is 12.5. The Morgan fingerprint density at radius 1 is 1.10 bits per heavy atom. The second-order valence-electron chi connectivity index (χ2n) is 5.53. The molecule has 2 N–H and O–H groups in total. The van der Waals surface area contributed by atoms with Gasteiger partial charge in [0.15, 0.2) is 0 Å². The maximum atomic E-state index is 6.22. The molecule has 2 aromatic carbocycles. The molecule has 2 rings (SSSR count). The predicted molar refractivity (Wildman–Crippen MR) is 90.4 cm³/mol. The Morgan fingerprint density at radius 3 is 2.57 bits per heavy atom. The predicted octanol–water partition coefficient (Wildman–Crippen LogP) is 4.25. The Bertz CT molecular complexity index is 542. The Kier molecular flexibility index (Phi) is 6.24. The first-order chi connectivity index (χ1) is 10.1. The lowest BCUT2D eigenvalue weighted by atomic mass is 10.0. The molecular weight excluding hydrogens is 280 g/mol. The minimum Gasteiger partial charge on any atom is -0.324 e. The molecule has 0 aromatic heterocycles. The smallest absolute Gasteiger partial charge is 0.0409 e. The van der Waals surface area contributed by atoms with Crippen LogP contribution in [0, 0.1) is 0 Å². The summed E-state index contributed by atoms with van der Waals surface area (Å²) in [6.45, 7) is 1.95. The fourth-order valence-corrected chi connectivity index (χ4v) is 2.69. The van der Waals surface area contributed by atoms with E-state index in [9.17, 15) is 0 Å². The van der Waals surface area contributed by atoms with E-state index in [1.807, 2.05) is 36.4 Å². The minimum absolute atomic E-state index is 0.130. The van der Waals surface area contributed by atoms with Gasteiger partial charge in [0.1, 0.15) is 0 Å². The number of nitrogens with zero attached hydrogens (tertiary/aromatic N) is 1. The highest BCUT2D eigenvalue weighted by Gasteiger charge is 2.06. The Hall–Kier alpha value is -1.35. The summed E-state index contributed by atoms with van der Waals surface area (Å²) >= 11 is 6.01. The van der Waals surface area contributed by atoms with Gasteiger partial charge >= 0.3 is 0 Å². The van der Waals surface area contributed by atoms with Crippen LogP contribution in [-0.4, -0.2) is 18.5 Å². The summed E-state index contributed by atoms with van der Waals surface area (Å²) in [4.78, 5) is 2.31. The van der Waals surface area contributed by atoms with E-state index in [1.54, 1.807) is 0 Å². The van der Waals surface area contributed by atoms with Crippen LogP contribution in [0.15, 0.2) is 54.6 Å². The van der Waals surface area contributed by atoms with Gasteiger partial charge in [-0.3, -0.25) is 0 Å². The van der Waals surface area contributed by atoms with Gasteiger partial charge in [-0.25, -0.2) is 0 Å². The van der Waals surface area contributed by atoms with E-state index in [0.29, 0.717) is 0 Å². The van der Waals surface area contributed by atoms with Crippen LogP contribution in [-0.2, 0) is 6.54 Å². The fourth-order valence-electron chi connectivity index (χ4n) is 2.47. The van der Waals surface area contributed by atoms with Crippen LogP contribution in [0.25, 0.3) is 0 Å². The minimum atomic E-state index is 0.130. The topological polar surface area (TPSA) is 29.3 Å². The van der Waals surface area contributed by atoms with Crippen molar-refractivity contribution in [2.45, 2.75) is 25.4 Å². The first-order valence-corrected chi connectivity index (χ1v) is 7.76. The molecule has 0 aliphatic rings. The third-order valence-electron chi connectivity index (χ3n) is 3.62. The van der Waals surface area contributed by atoms with Crippen molar-refractivity contribution >= 4 is 11.6 Å². The summed E-state index contributed by atoms with van der Waals surface area (Å²) in [5.41, 5.74) is 8.68. The molecule has 0 fully saturated rings. The van der Waals surface area contributed by atoms with Crippen molar-refractivity contribution in [2.24, 2.45) is 5.73 Å². The number of nitrogens with two attached hydrogens (primary N) is 1. The first kappa shape index (κ1) is 16.0. The number of hydrogen-bond donors (Lipinski definition) is 1. The van der Waals surface area contributed by atoms with Crippen LogP contribution < -0.4 is 5.73 Å². The van der Waals surface area contributed by atoms with E-state index < -0.39 is 0 Å². The maximum Gasteiger partial charge on any atom is 0.0409 e. The average molecular weight is 303 g/mol. The molecule has 0 aliphatic carbocycles. The third-order valence-corrected chi connectivity index (χ3v) is 3.86. The van der Waals surface area contributed by atoms with Crippen molar-refractivity contribution in [1.29, 1.82) is 0 Å². The van der Waals surface area contributed by atoms with Crippen LogP contribution in [0.3, 0.4) is 0 Å². The zero-order chi connectivity index (χ0) is 15.1. The molecule has 0 saturated carbocycles. The van der Waals surface area contributed by atoms with Gasteiger partial charge in [-0.15, -0.1) is 0 Å². The van der Waals surface area contributed by atoms with E-state index in [-0.39, 0.29) is 6.04 Å². The molecule has 112 valence electrons. The molecule has 2 nitrogen and oxygen atoms in total. The SMILES string of the molecule is CN(CCCC(N)c1ccccc1)Cc1cccc(Cl)c1. The average Bonchev–Trinajstić information content (AvgIpc) is 2.48. The number of hydrogen-bond acceptors (Lipinski definition) is 2. The van der Waals surface area contributed by atoms with Gasteiger partial charge < -0.3 is 10.6 Å². The molecule has 21 heavy (non-hydrogen) atoms. The molecular formula is C18H23ClN2. The van der Waals surface area contributed by atoms with Gasteiger partial charge in [0.25, 0.3) is 0 Å². The van der Waals surface area contributed by atoms with Gasteiger partial charge in [0, 0.05) is 17.6 Å². The van der Waals surface area contributed by atoms with Crippen molar-refractivity contribution in [3.63, 3.8) is 0 Å². The summed E-state index contributed by atoms with van der Waals surface area (Å²) < 4.78 is 0. The van der Waals surface area contributed by atoms with E-state index in [2.05, 4.69) is 30.1 Å². The van der Waals surface area contributed by atoms with Gasteiger partial charge in [0.05, 0.1) is 0 Å². The van der Waals surface area contributed by atoms with Crippen molar-refractivity contribution in [2.75, 3.05) is 13.6 Å². The largest absolute Gasteiger partial charge is 0.324 e. The Labute approximate surface area is 132 Å². The van der Waals surface area contributed by atoms with E-state index in [1.165, 1.54) is 11.1 Å². The summed E-state index contributed by atoms with van der Waals surface area (Å²) in [7, 11) is 2.13. The first-order valence-electron chi connectivity index (χ1n) is 7.38. The molecule has 0 bridgehead atoms. The van der Waals surface area contributed by atoms with Crippen LogP contribution in [0.5, 0.6) is 0 Å². The molecule has 0 heterocycles. The van der Waals surface area contributed by atoms with Gasteiger partial charge in [0.2, 0.25) is 0 Å². The summed E-state index contributed by atoms with van der Waals surface area (Å²) in [6, 6.07) is 18.5. The molecule has 0 aliphatic heterocycles. The Morgan fingerprint density at radius 2 is 1.86 bits per heavy atom. The van der Waals surface area contributed by atoms with E-state index in [0.717, 1.165) is 31.0 Å². The zero-order valence-corrected chi connectivity index (χ0v) is 13.3. The highest BCUT2D eigenvalue weighted by molar-refractivity contribution is 6.30. The number of halogens is 1. The maximum absolute atomic E-state index is 6.22. The number of benzene rings is 2. The summed E-state index contributed by atoms with van der Waals surface area (Å²) in [5, 5.41) is 0.798. The molecule has 3 heteroatoms. The summed E-state index contributed by atoms with van der Waals surface area (Å²) in [6.07, 6.45) is 2.09. The van der Waals surface area contributed by atoms with Crippen LogP contribution in [0.4, 0.5) is 0 Å². The molecule has 0 amide bonds. The molecule has 0 spiro atoms.